The fraction of sp³-hybridized carbons (Fsp3) is 0.556. The number of sulfonamides is 1. The molecule has 0 radical (unpaired) electrons. The number of H-pyrrole nitrogens is 1. The molecular weight excluding hydrogens is 377 g/mol. The lowest BCUT2D eigenvalue weighted by atomic mass is 9.66. The Labute approximate surface area is 165 Å². The SMILES string of the molecule is CCN1N=C([C@H]2CC[C@H](CS(=O)(=O)NC)CC2)c2c(cnc3[nH]ccc23)B1O. The van der Waals surface area contributed by atoms with Crippen LogP contribution >= 0.6 is 0 Å². The van der Waals surface area contributed by atoms with Gasteiger partial charge in [-0.2, -0.15) is 5.10 Å². The quantitative estimate of drug-likeness (QED) is 0.635. The molecular formula is C18H26BN5O3S. The van der Waals surface area contributed by atoms with E-state index in [1.807, 2.05) is 19.2 Å². The first kappa shape index (κ1) is 19.4. The third-order valence-corrected chi connectivity index (χ3v) is 7.52. The van der Waals surface area contributed by atoms with Crippen LogP contribution in [0.15, 0.2) is 23.6 Å². The van der Waals surface area contributed by atoms with Crippen LogP contribution in [0.3, 0.4) is 0 Å². The van der Waals surface area contributed by atoms with Crippen molar-refractivity contribution >= 4 is 39.3 Å². The van der Waals surface area contributed by atoms with E-state index in [0.29, 0.717) is 6.54 Å². The number of aromatic nitrogens is 2. The van der Waals surface area contributed by atoms with Crippen molar-refractivity contribution in [3.05, 3.63) is 24.0 Å². The minimum atomic E-state index is -3.19. The molecule has 0 atom stereocenters. The standard InChI is InChI=1S/C18H26BN5O3S/c1-3-24-19(25)15-10-22-18-14(8-9-21-18)16(15)17(23-24)13-6-4-12(5-7-13)11-28(26,27)20-2/h8-10,12-13,20,25H,3-7,11H2,1-2H3,(H,21,22)/t12-,13-. The lowest BCUT2D eigenvalue weighted by molar-refractivity contribution is 0.336. The smallest absolute Gasteiger partial charge is 0.428 e. The molecule has 3 heterocycles. The number of nitrogens with one attached hydrogen (secondary N) is 2. The summed E-state index contributed by atoms with van der Waals surface area (Å²) in [6.07, 6.45) is 7.09. The summed E-state index contributed by atoms with van der Waals surface area (Å²) in [6.45, 7) is 2.57. The Morgan fingerprint density at radius 2 is 2.11 bits per heavy atom. The molecule has 150 valence electrons. The third kappa shape index (κ3) is 3.44. The van der Waals surface area contributed by atoms with Gasteiger partial charge in [0, 0.05) is 41.3 Å². The number of rotatable bonds is 5. The highest BCUT2D eigenvalue weighted by Crippen LogP contribution is 2.34. The molecule has 1 aliphatic carbocycles. The van der Waals surface area contributed by atoms with Crippen molar-refractivity contribution in [2.45, 2.75) is 32.6 Å². The first-order chi connectivity index (χ1) is 13.4. The van der Waals surface area contributed by atoms with Gasteiger partial charge >= 0.3 is 7.05 Å². The molecule has 0 saturated heterocycles. The summed E-state index contributed by atoms with van der Waals surface area (Å²) in [7, 11) is -2.52. The average Bonchev–Trinajstić information content (AvgIpc) is 3.18. The van der Waals surface area contributed by atoms with Crippen LogP contribution in [0.25, 0.3) is 11.0 Å². The zero-order valence-electron chi connectivity index (χ0n) is 16.2. The van der Waals surface area contributed by atoms with Gasteiger partial charge in [0.25, 0.3) is 0 Å². The Morgan fingerprint density at radius 1 is 1.36 bits per heavy atom. The predicted octanol–water partition coefficient (Wildman–Crippen LogP) is 0.646. The molecule has 0 spiro atoms. The number of hydrogen-bond donors (Lipinski definition) is 3. The Kier molecular flexibility index (Phi) is 5.20. The Balaban J connectivity index is 1.64. The molecule has 1 saturated carbocycles. The van der Waals surface area contributed by atoms with Crippen LogP contribution in [0.1, 0.15) is 38.2 Å². The highest BCUT2D eigenvalue weighted by Gasteiger charge is 2.37. The molecule has 2 aromatic rings. The number of hydrazone groups is 1. The van der Waals surface area contributed by atoms with Gasteiger partial charge < -0.3 is 14.9 Å². The van der Waals surface area contributed by atoms with Crippen molar-refractivity contribution in [1.29, 1.82) is 0 Å². The van der Waals surface area contributed by atoms with Crippen molar-refractivity contribution in [2.75, 3.05) is 19.3 Å². The van der Waals surface area contributed by atoms with Crippen LogP contribution in [0.5, 0.6) is 0 Å². The molecule has 0 aromatic carbocycles. The van der Waals surface area contributed by atoms with Gasteiger partial charge in [-0.3, -0.25) is 0 Å². The Bertz CT molecular complexity index is 998. The monoisotopic (exact) mass is 403 g/mol. The number of hydrogen-bond acceptors (Lipinski definition) is 6. The van der Waals surface area contributed by atoms with Gasteiger partial charge in [0.1, 0.15) is 5.65 Å². The fourth-order valence-electron chi connectivity index (χ4n) is 4.43. The van der Waals surface area contributed by atoms with E-state index in [4.69, 9.17) is 5.10 Å². The van der Waals surface area contributed by atoms with Crippen molar-refractivity contribution in [1.82, 2.24) is 19.6 Å². The van der Waals surface area contributed by atoms with E-state index in [9.17, 15) is 13.4 Å². The average molecular weight is 403 g/mol. The molecule has 8 nitrogen and oxygen atoms in total. The summed E-state index contributed by atoms with van der Waals surface area (Å²) >= 11 is 0. The lowest BCUT2D eigenvalue weighted by Crippen LogP contribution is -2.52. The van der Waals surface area contributed by atoms with Gasteiger partial charge in [-0.1, -0.05) is 0 Å². The molecule has 28 heavy (non-hydrogen) atoms. The van der Waals surface area contributed by atoms with Crippen molar-refractivity contribution < 1.29 is 13.4 Å². The van der Waals surface area contributed by atoms with Gasteiger partial charge in [0.05, 0.1) is 11.5 Å². The van der Waals surface area contributed by atoms with E-state index in [-0.39, 0.29) is 17.6 Å². The van der Waals surface area contributed by atoms with Crippen LogP contribution in [-0.2, 0) is 10.0 Å². The van der Waals surface area contributed by atoms with Crippen molar-refractivity contribution in [2.24, 2.45) is 16.9 Å². The molecule has 2 aliphatic rings. The maximum atomic E-state index is 11.9. The summed E-state index contributed by atoms with van der Waals surface area (Å²) in [5.74, 6) is 0.606. The van der Waals surface area contributed by atoms with Gasteiger partial charge in [-0.05, 0) is 51.6 Å². The van der Waals surface area contributed by atoms with Gasteiger partial charge in [0.15, 0.2) is 0 Å². The normalized spacial score (nSPS) is 23.0. The van der Waals surface area contributed by atoms with Crippen LogP contribution in [0.4, 0.5) is 0 Å². The second-order valence-corrected chi connectivity index (χ2v) is 9.62. The zero-order valence-corrected chi connectivity index (χ0v) is 17.0. The minimum absolute atomic E-state index is 0.176. The van der Waals surface area contributed by atoms with E-state index in [1.54, 1.807) is 11.1 Å². The van der Waals surface area contributed by atoms with E-state index in [0.717, 1.165) is 53.5 Å². The third-order valence-electron chi connectivity index (χ3n) is 5.99. The van der Waals surface area contributed by atoms with Crippen LogP contribution in [0.2, 0.25) is 0 Å². The highest BCUT2D eigenvalue weighted by molar-refractivity contribution is 7.89. The summed E-state index contributed by atoms with van der Waals surface area (Å²) in [4.78, 5) is 9.29. The minimum Gasteiger partial charge on any atom is -0.428 e. The molecule has 0 bridgehead atoms. The number of fused-ring (bicyclic) bond motifs is 3. The van der Waals surface area contributed by atoms with Gasteiger partial charge in [0.2, 0.25) is 10.0 Å². The molecule has 2 aromatic heterocycles. The first-order valence-corrected chi connectivity index (χ1v) is 11.5. The van der Waals surface area contributed by atoms with Gasteiger partial charge in [-0.25, -0.2) is 18.1 Å². The number of aromatic amines is 1. The molecule has 1 aliphatic heterocycles. The van der Waals surface area contributed by atoms with E-state index < -0.39 is 17.1 Å². The Morgan fingerprint density at radius 3 is 2.79 bits per heavy atom. The van der Waals surface area contributed by atoms with Crippen LogP contribution in [0, 0.1) is 11.8 Å². The summed E-state index contributed by atoms with van der Waals surface area (Å²) in [5.41, 5.74) is 3.55. The fourth-order valence-corrected chi connectivity index (χ4v) is 5.55. The van der Waals surface area contributed by atoms with E-state index >= 15 is 0 Å². The summed E-state index contributed by atoms with van der Waals surface area (Å²) in [6, 6.07) is 1.98. The number of nitrogens with zero attached hydrogens (tertiary/aromatic N) is 3. The predicted molar refractivity (Wildman–Crippen MR) is 111 cm³/mol. The Hall–Kier alpha value is -1.91. The van der Waals surface area contributed by atoms with Crippen molar-refractivity contribution in [3.8, 4) is 0 Å². The van der Waals surface area contributed by atoms with Gasteiger partial charge in [-0.15, -0.1) is 0 Å². The second-order valence-electron chi connectivity index (χ2n) is 7.65. The number of pyridine rings is 1. The lowest BCUT2D eigenvalue weighted by Gasteiger charge is -2.35. The second kappa shape index (κ2) is 7.49. The molecule has 0 amide bonds. The van der Waals surface area contributed by atoms with Crippen LogP contribution in [-0.4, -0.2) is 60.4 Å². The maximum Gasteiger partial charge on any atom is 0.468 e. The first-order valence-electron chi connectivity index (χ1n) is 9.84. The van der Waals surface area contributed by atoms with Crippen molar-refractivity contribution in [3.63, 3.8) is 0 Å². The molecule has 0 unspecified atom stereocenters. The topological polar surface area (TPSA) is 111 Å². The molecule has 4 rings (SSSR count). The van der Waals surface area contributed by atoms with E-state index in [1.165, 1.54) is 7.05 Å². The van der Waals surface area contributed by atoms with Crippen LogP contribution < -0.4 is 10.2 Å². The molecule has 1 fully saturated rings. The maximum absolute atomic E-state index is 11.9. The molecule has 3 N–H and O–H groups in total. The molecule has 10 heteroatoms. The largest absolute Gasteiger partial charge is 0.468 e. The summed E-state index contributed by atoms with van der Waals surface area (Å²) in [5, 5.41) is 16.5. The zero-order chi connectivity index (χ0) is 19.9. The highest BCUT2D eigenvalue weighted by atomic mass is 32.2. The summed E-state index contributed by atoms with van der Waals surface area (Å²) < 4.78 is 26.2. The van der Waals surface area contributed by atoms with E-state index in [2.05, 4.69) is 14.7 Å².